The van der Waals surface area contributed by atoms with Crippen LogP contribution in [-0.4, -0.2) is 5.91 Å². The highest BCUT2D eigenvalue weighted by atomic mass is 16.1. The first-order valence-corrected chi connectivity index (χ1v) is 8.71. The molecule has 22 heavy (non-hydrogen) atoms. The molecule has 0 saturated heterocycles. The summed E-state index contributed by atoms with van der Waals surface area (Å²) in [5.74, 6) is -0.415. The number of rotatable bonds is 14. The van der Waals surface area contributed by atoms with Crippen molar-refractivity contribution in [1.29, 1.82) is 0 Å². The van der Waals surface area contributed by atoms with E-state index in [9.17, 15) is 4.79 Å². The van der Waals surface area contributed by atoms with Crippen LogP contribution in [-0.2, 0) is 4.79 Å². The largest absolute Gasteiger partial charge is 0.366 e. The summed E-state index contributed by atoms with van der Waals surface area (Å²) >= 11 is 0. The van der Waals surface area contributed by atoms with Crippen LogP contribution in [0.1, 0.15) is 71.1 Å². The van der Waals surface area contributed by atoms with Gasteiger partial charge in [-0.05, 0) is 32.1 Å². The normalized spacial score (nSPS) is 12.4. The van der Waals surface area contributed by atoms with Gasteiger partial charge in [0.25, 0.3) is 0 Å². The molecule has 0 unspecified atom stereocenters. The maximum atomic E-state index is 10.4. The molecule has 2 N–H and O–H groups in total. The molecule has 0 aliphatic heterocycles. The number of amides is 1. The summed E-state index contributed by atoms with van der Waals surface area (Å²) < 4.78 is 0. The molecule has 0 atom stereocenters. The highest BCUT2D eigenvalue weighted by molar-refractivity contribution is 5.85. The Kier molecular flexibility index (Phi) is 16.2. The predicted molar refractivity (Wildman–Crippen MR) is 97.6 cm³/mol. The molecule has 0 aromatic rings. The molecule has 0 aliphatic carbocycles. The van der Waals surface area contributed by atoms with Crippen LogP contribution < -0.4 is 5.73 Å². The van der Waals surface area contributed by atoms with Crippen LogP contribution in [0.3, 0.4) is 0 Å². The Bertz CT molecular complexity index is 364. The van der Waals surface area contributed by atoms with Gasteiger partial charge in [0.15, 0.2) is 0 Å². The number of hydrogen-bond acceptors (Lipinski definition) is 1. The van der Waals surface area contributed by atoms with E-state index in [-0.39, 0.29) is 0 Å². The van der Waals surface area contributed by atoms with Crippen LogP contribution in [0.25, 0.3) is 0 Å². The lowest BCUT2D eigenvalue weighted by atomic mass is 10.1. The van der Waals surface area contributed by atoms with E-state index in [1.807, 2.05) is 18.2 Å². The van der Waals surface area contributed by atoms with Gasteiger partial charge in [-0.1, -0.05) is 81.6 Å². The Labute approximate surface area is 136 Å². The van der Waals surface area contributed by atoms with Crippen LogP contribution in [0, 0.1) is 0 Å². The highest BCUT2D eigenvalue weighted by Gasteiger charge is 1.88. The molecule has 0 aromatic heterocycles. The summed E-state index contributed by atoms with van der Waals surface area (Å²) in [6.07, 6.45) is 28.4. The summed E-state index contributed by atoms with van der Waals surface area (Å²) in [6, 6.07) is 0. The minimum Gasteiger partial charge on any atom is -0.366 e. The van der Waals surface area contributed by atoms with Gasteiger partial charge in [0, 0.05) is 6.08 Å². The minimum atomic E-state index is -0.415. The summed E-state index contributed by atoms with van der Waals surface area (Å²) in [5.41, 5.74) is 4.97. The van der Waals surface area contributed by atoms with Gasteiger partial charge >= 0.3 is 0 Å². The maximum Gasteiger partial charge on any atom is 0.241 e. The van der Waals surface area contributed by atoms with Gasteiger partial charge in [-0.15, -0.1) is 0 Å². The summed E-state index contributed by atoms with van der Waals surface area (Å²) in [5, 5.41) is 0. The Balaban J connectivity index is 3.34. The zero-order chi connectivity index (χ0) is 16.3. The van der Waals surface area contributed by atoms with Crippen LogP contribution in [0.15, 0.2) is 48.6 Å². The van der Waals surface area contributed by atoms with E-state index < -0.39 is 5.91 Å². The lowest BCUT2D eigenvalue weighted by Crippen LogP contribution is -2.04. The predicted octanol–water partition coefficient (Wildman–Crippen LogP) is 5.62. The third-order valence-electron chi connectivity index (χ3n) is 3.36. The maximum absolute atomic E-state index is 10.4. The van der Waals surface area contributed by atoms with Crippen LogP contribution in [0.5, 0.6) is 0 Å². The molecule has 2 heteroatoms. The minimum absolute atomic E-state index is 0.415. The molecule has 0 bridgehead atoms. The molecule has 2 nitrogen and oxygen atoms in total. The highest BCUT2D eigenvalue weighted by Crippen LogP contribution is 2.07. The Morgan fingerprint density at radius 3 is 2.05 bits per heavy atom. The van der Waals surface area contributed by atoms with Crippen molar-refractivity contribution >= 4 is 5.91 Å². The fraction of sp³-hybridized carbons (Fsp3) is 0.550. The fourth-order valence-electron chi connectivity index (χ4n) is 2.09. The second-order valence-corrected chi connectivity index (χ2v) is 5.53. The Morgan fingerprint density at radius 2 is 1.32 bits per heavy atom. The topological polar surface area (TPSA) is 43.1 Å². The molecular weight excluding hydrogens is 270 g/mol. The molecule has 0 saturated carbocycles. The number of hydrogen-bond donors (Lipinski definition) is 1. The molecule has 0 spiro atoms. The van der Waals surface area contributed by atoms with E-state index >= 15 is 0 Å². The van der Waals surface area contributed by atoms with E-state index in [1.54, 1.807) is 6.08 Å². The Hall–Kier alpha value is -1.57. The first kappa shape index (κ1) is 20.4. The fourth-order valence-corrected chi connectivity index (χ4v) is 2.09. The van der Waals surface area contributed by atoms with E-state index in [4.69, 9.17) is 5.73 Å². The summed E-state index contributed by atoms with van der Waals surface area (Å²) in [6.45, 7) is 2.26. The average Bonchev–Trinajstić information content (AvgIpc) is 2.50. The lowest BCUT2D eigenvalue weighted by Gasteiger charge is -1.97. The summed E-state index contributed by atoms with van der Waals surface area (Å²) in [4.78, 5) is 10.4. The van der Waals surface area contributed by atoms with E-state index in [0.717, 1.165) is 12.8 Å². The molecule has 0 radical (unpaired) electrons. The monoisotopic (exact) mass is 303 g/mol. The van der Waals surface area contributed by atoms with Gasteiger partial charge in [-0.3, -0.25) is 4.79 Å². The molecule has 0 aliphatic rings. The molecule has 0 fully saturated rings. The van der Waals surface area contributed by atoms with Crippen molar-refractivity contribution < 1.29 is 4.79 Å². The second-order valence-electron chi connectivity index (χ2n) is 5.53. The number of nitrogens with two attached hydrogens (primary N) is 1. The quantitative estimate of drug-likeness (QED) is 0.192. The molecule has 0 heterocycles. The molecular formula is C20H33NO. The molecule has 124 valence electrons. The average molecular weight is 303 g/mol. The van der Waals surface area contributed by atoms with Crippen LogP contribution in [0.2, 0.25) is 0 Å². The summed E-state index contributed by atoms with van der Waals surface area (Å²) in [7, 11) is 0. The van der Waals surface area contributed by atoms with Crippen molar-refractivity contribution in [3.8, 4) is 0 Å². The number of carbonyl (C=O) groups excluding carboxylic acids is 1. The zero-order valence-electron chi connectivity index (χ0n) is 14.2. The smallest absolute Gasteiger partial charge is 0.241 e. The van der Waals surface area contributed by atoms with Gasteiger partial charge in [0.05, 0.1) is 0 Å². The Morgan fingerprint density at radius 1 is 0.727 bits per heavy atom. The van der Waals surface area contributed by atoms with Gasteiger partial charge in [0.2, 0.25) is 5.91 Å². The van der Waals surface area contributed by atoms with E-state index in [2.05, 4.69) is 25.2 Å². The number of carbonyl (C=O) groups is 1. The lowest BCUT2D eigenvalue weighted by molar-refractivity contribution is -0.113. The van der Waals surface area contributed by atoms with Crippen molar-refractivity contribution in [2.45, 2.75) is 71.1 Å². The third kappa shape index (κ3) is 18.4. The first-order chi connectivity index (χ1) is 10.8. The van der Waals surface area contributed by atoms with E-state index in [1.165, 1.54) is 57.4 Å². The van der Waals surface area contributed by atoms with Crippen molar-refractivity contribution in [3.63, 3.8) is 0 Å². The van der Waals surface area contributed by atoms with Crippen LogP contribution in [0.4, 0.5) is 0 Å². The van der Waals surface area contributed by atoms with Crippen molar-refractivity contribution in [2.24, 2.45) is 5.73 Å². The first-order valence-electron chi connectivity index (χ1n) is 8.71. The second kappa shape index (κ2) is 17.5. The third-order valence-corrected chi connectivity index (χ3v) is 3.36. The molecule has 0 rings (SSSR count). The van der Waals surface area contributed by atoms with Gasteiger partial charge in [-0.2, -0.15) is 0 Å². The van der Waals surface area contributed by atoms with Crippen molar-refractivity contribution in [2.75, 3.05) is 0 Å². The molecule has 1 amide bonds. The zero-order valence-corrected chi connectivity index (χ0v) is 14.2. The van der Waals surface area contributed by atoms with E-state index in [0.29, 0.717) is 0 Å². The van der Waals surface area contributed by atoms with Crippen LogP contribution >= 0.6 is 0 Å². The SMILES string of the molecule is CCCCCCCCC=CCCCC=CC=CC=CC(N)=O. The number of unbranched alkanes of at least 4 members (excludes halogenated alkanes) is 8. The van der Waals surface area contributed by atoms with Gasteiger partial charge in [0.1, 0.15) is 0 Å². The van der Waals surface area contributed by atoms with Crippen molar-refractivity contribution in [3.05, 3.63) is 48.6 Å². The number of allylic oxidation sites excluding steroid dienone is 7. The van der Waals surface area contributed by atoms with Gasteiger partial charge < -0.3 is 5.73 Å². The van der Waals surface area contributed by atoms with Crippen molar-refractivity contribution in [1.82, 2.24) is 0 Å². The van der Waals surface area contributed by atoms with Gasteiger partial charge in [-0.25, -0.2) is 0 Å². The number of primary amides is 1. The molecule has 0 aromatic carbocycles. The standard InChI is InChI=1S/C20H33NO/c1-2-3-4-5-6-7-8-9-10-11-12-13-14-15-16-17-18-19-20(21)22/h9-10,14-19H,2-8,11-13H2,1H3,(H2,21,22).